The van der Waals surface area contributed by atoms with Gasteiger partial charge < -0.3 is 29.6 Å². The third-order valence-electron chi connectivity index (χ3n) is 4.04. The predicted molar refractivity (Wildman–Crippen MR) is 106 cm³/mol. The van der Waals surface area contributed by atoms with E-state index in [-0.39, 0.29) is 5.75 Å². The number of aromatic nitrogens is 2. The zero-order valence-corrected chi connectivity index (χ0v) is 16.9. The molecule has 0 bridgehead atoms. The molecule has 8 nitrogen and oxygen atoms in total. The summed E-state index contributed by atoms with van der Waals surface area (Å²) in [6.45, 7) is 2.21. The van der Waals surface area contributed by atoms with Crippen molar-refractivity contribution >= 4 is 11.2 Å². The summed E-state index contributed by atoms with van der Waals surface area (Å²) in [7, 11) is 1.52. The monoisotopic (exact) mass is 409 g/mol. The van der Waals surface area contributed by atoms with E-state index in [4.69, 9.17) is 9.47 Å². The fraction of sp³-hybridized carbons (Fsp3) is 0.474. The van der Waals surface area contributed by atoms with Crippen LogP contribution in [-0.2, 0) is 22.5 Å². The minimum atomic E-state index is -1.30. The molecule has 0 saturated carbocycles. The Morgan fingerprint density at radius 3 is 2.68 bits per heavy atom. The van der Waals surface area contributed by atoms with Gasteiger partial charge in [-0.2, -0.15) is 0 Å². The van der Waals surface area contributed by atoms with Crippen molar-refractivity contribution in [1.82, 2.24) is 15.3 Å². The van der Waals surface area contributed by atoms with Gasteiger partial charge in [0, 0.05) is 37.2 Å². The molecule has 0 saturated heterocycles. The lowest BCUT2D eigenvalue weighted by Gasteiger charge is -2.14. The number of hydrogen-bond acceptors (Lipinski definition) is 8. The van der Waals surface area contributed by atoms with Gasteiger partial charge >= 0.3 is 6.01 Å². The SMILES string of the molecule is COc1ncc(COCCCCNCC(O)c2ccc(O)c([S+](C)[O-])c2)cn1. The van der Waals surface area contributed by atoms with Gasteiger partial charge in [0.25, 0.3) is 0 Å². The lowest BCUT2D eigenvalue weighted by Crippen LogP contribution is -2.23. The first-order valence-electron chi connectivity index (χ1n) is 8.99. The summed E-state index contributed by atoms with van der Waals surface area (Å²) in [4.78, 5) is 8.37. The summed E-state index contributed by atoms with van der Waals surface area (Å²) in [5.41, 5.74) is 1.52. The zero-order chi connectivity index (χ0) is 20.4. The maximum Gasteiger partial charge on any atom is 0.316 e. The van der Waals surface area contributed by atoms with Crippen LogP contribution in [0.25, 0.3) is 0 Å². The third-order valence-corrected chi connectivity index (χ3v) is 4.99. The van der Waals surface area contributed by atoms with Gasteiger partial charge in [-0.05, 0) is 42.2 Å². The highest BCUT2D eigenvalue weighted by molar-refractivity contribution is 7.90. The van der Waals surface area contributed by atoms with Crippen molar-refractivity contribution in [2.75, 3.05) is 33.1 Å². The normalized spacial score (nSPS) is 13.3. The van der Waals surface area contributed by atoms with E-state index in [0.29, 0.717) is 36.2 Å². The van der Waals surface area contributed by atoms with Gasteiger partial charge in [0.15, 0.2) is 10.6 Å². The second-order valence-electron chi connectivity index (χ2n) is 6.24. The second kappa shape index (κ2) is 11.8. The summed E-state index contributed by atoms with van der Waals surface area (Å²) in [6.07, 6.45) is 5.92. The molecular formula is C19H27N3O5S. The first kappa shape index (κ1) is 22.4. The van der Waals surface area contributed by atoms with Crippen molar-refractivity contribution in [3.63, 3.8) is 0 Å². The molecule has 154 valence electrons. The van der Waals surface area contributed by atoms with Crippen molar-refractivity contribution in [2.24, 2.45) is 0 Å². The Morgan fingerprint density at radius 2 is 2.00 bits per heavy atom. The number of hydrogen-bond donors (Lipinski definition) is 3. The van der Waals surface area contributed by atoms with Crippen LogP contribution < -0.4 is 10.1 Å². The molecule has 0 aliphatic carbocycles. The zero-order valence-electron chi connectivity index (χ0n) is 16.1. The van der Waals surface area contributed by atoms with Crippen LogP contribution in [0.1, 0.15) is 30.1 Å². The summed E-state index contributed by atoms with van der Waals surface area (Å²) in [5.74, 6) is -0.0223. The van der Waals surface area contributed by atoms with Gasteiger partial charge in [0.2, 0.25) is 0 Å². The lowest BCUT2D eigenvalue weighted by atomic mass is 10.1. The van der Waals surface area contributed by atoms with Crippen LogP contribution in [0.5, 0.6) is 11.8 Å². The molecule has 2 atom stereocenters. The van der Waals surface area contributed by atoms with Crippen molar-refractivity contribution in [2.45, 2.75) is 30.4 Å². The van der Waals surface area contributed by atoms with E-state index >= 15 is 0 Å². The molecule has 0 aliphatic heterocycles. The van der Waals surface area contributed by atoms with Crippen molar-refractivity contribution in [3.05, 3.63) is 41.7 Å². The number of benzene rings is 1. The number of ether oxygens (including phenoxy) is 2. The fourth-order valence-corrected chi connectivity index (χ4v) is 3.16. The molecule has 28 heavy (non-hydrogen) atoms. The molecule has 1 heterocycles. The van der Waals surface area contributed by atoms with Gasteiger partial charge in [0.05, 0.1) is 19.8 Å². The van der Waals surface area contributed by atoms with Crippen molar-refractivity contribution in [3.8, 4) is 11.8 Å². The van der Waals surface area contributed by atoms with Crippen molar-refractivity contribution in [1.29, 1.82) is 0 Å². The van der Waals surface area contributed by atoms with Crippen LogP contribution in [0.4, 0.5) is 0 Å². The molecule has 2 unspecified atom stereocenters. The van der Waals surface area contributed by atoms with Gasteiger partial charge in [-0.1, -0.05) is 6.07 Å². The maximum atomic E-state index is 11.6. The largest absolute Gasteiger partial charge is 0.612 e. The second-order valence-corrected chi connectivity index (χ2v) is 7.59. The third kappa shape index (κ3) is 7.25. The standard InChI is InChI=1S/C19H27N3O5S/c1-26-19-21-10-14(11-22-19)13-27-8-4-3-7-20-12-17(24)15-5-6-16(23)18(9-15)28(2)25/h5-6,9-11,17,20,23-24H,3-4,7-8,12-13H2,1-2H3. The first-order chi connectivity index (χ1) is 13.5. The van der Waals surface area contributed by atoms with Crippen LogP contribution in [0.2, 0.25) is 0 Å². The number of unbranched alkanes of at least 4 members (excludes halogenated alkanes) is 1. The molecule has 0 aliphatic rings. The Kier molecular flexibility index (Phi) is 9.45. The fourth-order valence-electron chi connectivity index (χ4n) is 2.49. The van der Waals surface area contributed by atoms with E-state index in [9.17, 15) is 14.8 Å². The maximum absolute atomic E-state index is 11.6. The van der Waals surface area contributed by atoms with Gasteiger partial charge in [-0.3, -0.25) is 0 Å². The number of phenols is 1. The van der Waals surface area contributed by atoms with Crippen LogP contribution >= 0.6 is 0 Å². The molecule has 2 aromatic rings. The highest BCUT2D eigenvalue weighted by atomic mass is 32.2. The van der Waals surface area contributed by atoms with E-state index in [0.717, 1.165) is 24.9 Å². The number of aliphatic hydroxyl groups excluding tert-OH is 1. The molecule has 1 aromatic carbocycles. The lowest BCUT2D eigenvalue weighted by molar-refractivity contribution is 0.116. The summed E-state index contributed by atoms with van der Waals surface area (Å²) in [5, 5.41) is 23.1. The first-order valence-corrected chi connectivity index (χ1v) is 10.5. The number of methoxy groups -OCH3 is 1. The van der Waals surface area contributed by atoms with Crippen LogP contribution in [0.15, 0.2) is 35.5 Å². The highest BCUT2D eigenvalue weighted by Crippen LogP contribution is 2.26. The smallest absolute Gasteiger partial charge is 0.316 e. The molecule has 1 aromatic heterocycles. The molecule has 0 fully saturated rings. The van der Waals surface area contributed by atoms with E-state index in [1.54, 1.807) is 24.5 Å². The van der Waals surface area contributed by atoms with E-state index in [1.165, 1.54) is 19.4 Å². The van der Waals surface area contributed by atoms with E-state index in [1.807, 2.05) is 0 Å². The molecule has 2 rings (SSSR count). The van der Waals surface area contributed by atoms with Crippen LogP contribution in [-0.4, -0.2) is 57.8 Å². The van der Waals surface area contributed by atoms with Crippen LogP contribution in [0.3, 0.4) is 0 Å². The molecule has 9 heteroatoms. The topological polar surface area (TPSA) is 120 Å². The van der Waals surface area contributed by atoms with Crippen LogP contribution in [0, 0.1) is 0 Å². The number of aliphatic hydroxyl groups is 1. The number of nitrogens with one attached hydrogen (secondary N) is 1. The summed E-state index contributed by atoms with van der Waals surface area (Å²) >= 11 is -1.30. The average molecular weight is 410 g/mol. The number of nitrogens with zero attached hydrogens (tertiary/aromatic N) is 2. The van der Waals surface area contributed by atoms with E-state index < -0.39 is 17.3 Å². The molecule has 0 spiro atoms. The quantitative estimate of drug-likeness (QED) is 0.357. The minimum absolute atomic E-state index is 0.0223. The van der Waals surface area contributed by atoms with Gasteiger partial charge in [0.1, 0.15) is 6.26 Å². The van der Waals surface area contributed by atoms with Gasteiger partial charge in [-0.15, -0.1) is 0 Å². The highest BCUT2D eigenvalue weighted by Gasteiger charge is 2.15. The Hall–Kier alpha value is -1.91. The number of aromatic hydroxyl groups is 1. The Bertz CT molecular complexity index is 715. The Labute approximate surface area is 168 Å². The van der Waals surface area contributed by atoms with Crippen molar-refractivity contribution < 1.29 is 24.2 Å². The number of phenolic OH excluding ortho intramolecular Hbond substituents is 1. The van der Waals surface area contributed by atoms with Gasteiger partial charge in [-0.25, -0.2) is 9.97 Å². The summed E-state index contributed by atoms with van der Waals surface area (Å²) in [6, 6.07) is 5.01. The minimum Gasteiger partial charge on any atom is -0.612 e. The Morgan fingerprint density at radius 1 is 1.25 bits per heavy atom. The molecular weight excluding hydrogens is 382 g/mol. The summed E-state index contributed by atoms with van der Waals surface area (Å²) < 4.78 is 22.1. The number of rotatable bonds is 12. The average Bonchev–Trinajstić information content (AvgIpc) is 2.70. The molecule has 0 radical (unpaired) electrons. The molecule has 0 amide bonds. The Balaban J connectivity index is 1.58. The predicted octanol–water partition coefficient (Wildman–Crippen LogP) is 1.55. The van der Waals surface area contributed by atoms with E-state index in [2.05, 4.69) is 15.3 Å². The molecule has 3 N–H and O–H groups in total.